The molecule has 4 rings (SSSR count). The number of nitrogens with one attached hydrogen (secondary N) is 2. The number of nitrogens with zero attached hydrogens (tertiary/aromatic N) is 1. The summed E-state index contributed by atoms with van der Waals surface area (Å²) in [4.78, 5) is 0. The highest BCUT2D eigenvalue weighted by Gasteiger charge is 2.34. The Balaban J connectivity index is 0.00000121. The van der Waals surface area contributed by atoms with Crippen LogP contribution in [0.1, 0.15) is 25.1 Å². The fourth-order valence-electron chi connectivity index (χ4n) is 2.75. The predicted octanol–water partition coefficient (Wildman–Crippen LogP) is 3.58. The van der Waals surface area contributed by atoms with Crippen LogP contribution in [0.3, 0.4) is 0 Å². The molecule has 0 radical (unpaired) electrons. The van der Waals surface area contributed by atoms with Crippen LogP contribution in [-0.2, 0) is 12.1 Å². The average molecular weight is 290 g/mol. The molecule has 3 heterocycles. The molecular formula is C15H16ClN3O. The van der Waals surface area contributed by atoms with E-state index >= 15 is 0 Å². The molecule has 0 aliphatic carbocycles. The fourth-order valence-corrected chi connectivity index (χ4v) is 2.75. The van der Waals surface area contributed by atoms with Crippen molar-refractivity contribution in [2.45, 2.75) is 25.9 Å². The minimum Gasteiger partial charge on any atom is -0.454 e. The van der Waals surface area contributed by atoms with Gasteiger partial charge in [-0.25, -0.2) is 0 Å². The Hall–Kier alpha value is -1.78. The summed E-state index contributed by atoms with van der Waals surface area (Å²) in [5, 5.41) is 12.2. The molecule has 2 aromatic heterocycles. The Kier molecular flexibility index (Phi) is 2.88. The Bertz CT molecular complexity index is 739. The zero-order chi connectivity index (χ0) is 13.0. The Morgan fingerprint density at radius 1 is 1.25 bits per heavy atom. The number of rotatable bonds is 1. The number of fused-ring (bicyclic) bond motifs is 2. The maximum atomic E-state index is 5.90. The molecular weight excluding hydrogens is 274 g/mol. The molecule has 5 heteroatoms. The van der Waals surface area contributed by atoms with E-state index in [1.54, 1.807) is 0 Å². The Morgan fingerprint density at radius 2 is 2.05 bits per heavy atom. The molecule has 0 amide bonds. The van der Waals surface area contributed by atoms with Gasteiger partial charge in [0.2, 0.25) is 0 Å². The van der Waals surface area contributed by atoms with Crippen LogP contribution < -0.4 is 5.32 Å². The van der Waals surface area contributed by atoms with Gasteiger partial charge in [0, 0.05) is 17.5 Å². The number of para-hydroxylation sites is 1. The summed E-state index contributed by atoms with van der Waals surface area (Å²) in [6, 6.07) is 10.1. The van der Waals surface area contributed by atoms with Crippen LogP contribution >= 0.6 is 12.4 Å². The first kappa shape index (κ1) is 13.2. The first-order chi connectivity index (χ1) is 9.15. The zero-order valence-electron chi connectivity index (χ0n) is 11.4. The second kappa shape index (κ2) is 4.36. The van der Waals surface area contributed by atoms with Gasteiger partial charge in [-0.2, -0.15) is 5.10 Å². The molecule has 0 fully saturated rings. The van der Waals surface area contributed by atoms with Gasteiger partial charge in [0.05, 0.1) is 11.2 Å². The van der Waals surface area contributed by atoms with E-state index in [1.165, 1.54) is 5.56 Å². The topological polar surface area (TPSA) is 53.9 Å². The van der Waals surface area contributed by atoms with E-state index in [0.29, 0.717) is 0 Å². The maximum absolute atomic E-state index is 5.90. The summed E-state index contributed by atoms with van der Waals surface area (Å²) >= 11 is 0. The van der Waals surface area contributed by atoms with Gasteiger partial charge in [-0.1, -0.05) is 18.2 Å². The van der Waals surface area contributed by atoms with E-state index in [0.717, 1.165) is 34.7 Å². The lowest BCUT2D eigenvalue weighted by molar-refractivity contribution is 0.429. The lowest BCUT2D eigenvalue weighted by atomic mass is 10.0. The molecule has 1 aromatic carbocycles. The van der Waals surface area contributed by atoms with Gasteiger partial charge in [0.1, 0.15) is 11.3 Å². The van der Waals surface area contributed by atoms with Crippen molar-refractivity contribution in [1.29, 1.82) is 0 Å². The maximum Gasteiger partial charge on any atom is 0.156 e. The van der Waals surface area contributed by atoms with E-state index < -0.39 is 0 Å². The number of furan rings is 1. The van der Waals surface area contributed by atoms with Crippen LogP contribution in [0.5, 0.6) is 0 Å². The highest BCUT2D eigenvalue weighted by atomic mass is 35.5. The van der Waals surface area contributed by atoms with Crippen molar-refractivity contribution in [2.75, 3.05) is 0 Å². The zero-order valence-corrected chi connectivity index (χ0v) is 12.2. The second-order valence-corrected chi connectivity index (χ2v) is 5.55. The molecule has 0 spiro atoms. The number of hydrogen-bond donors (Lipinski definition) is 2. The molecule has 20 heavy (non-hydrogen) atoms. The Morgan fingerprint density at radius 3 is 2.85 bits per heavy atom. The first-order valence-electron chi connectivity index (χ1n) is 6.47. The lowest BCUT2D eigenvalue weighted by Gasteiger charge is -2.17. The van der Waals surface area contributed by atoms with Crippen molar-refractivity contribution < 1.29 is 4.42 Å². The molecule has 0 bridgehead atoms. The smallest absolute Gasteiger partial charge is 0.156 e. The Labute approximate surface area is 123 Å². The van der Waals surface area contributed by atoms with Gasteiger partial charge < -0.3 is 9.73 Å². The fraction of sp³-hybridized carbons (Fsp3) is 0.267. The molecule has 0 unspecified atom stereocenters. The average Bonchev–Trinajstić information content (AvgIpc) is 3.05. The largest absolute Gasteiger partial charge is 0.454 e. The number of benzene rings is 1. The highest BCUT2D eigenvalue weighted by Crippen LogP contribution is 2.36. The van der Waals surface area contributed by atoms with E-state index in [4.69, 9.17) is 4.42 Å². The summed E-state index contributed by atoms with van der Waals surface area (Å²) in [5.74, 6) is 0.832. The molecule has 4 nitrogen and oxygen atoms in total. The molecule has 2 N–H and O–H groups in total. The number of aromatic nitrogens is 2. The van der Waals surface area contributed by atoms with Crippen molar-refractivity contribution in [2.24, 2.45) is 0 Å². The summed E-state index contributed by atoms with van der Waals surface area (Å²) in [7, 11) is 0. The summed E-state index contributed by atoms with van der Waals surface area (Å²) in [6.07, 6.45) is 0. The van der Waals surface area contributed by atoms with E-state index in [-0.39, 0.29) is 17.9 Å². The van der Waals surface area contributed by atoms with Gasteiger partial charge in [0.15, 0.2) is 5.76 Å². The molecule has 0 atom stereocenters. The molecule has 1 aliphatic rings. The van der Waals surface area contributed by atoms with Crippen molar-refractivity contribution in [1.82, 2.24) is 15.5 Å². The van der Waals surface area contributed by atoms with E-state index in [1.807, 2.05) is 18.2 Å². The van der Waals surface area contributed by atoms with Crippen LogP contribution in [0.25, 0.3) is 22.4 Å². The quantitative estimate of drug-likeness (QED) is 0.720. The monoisotopic (exact) mass is 289 g/mol. The number of hydrogen-bond acceptors (Lipinski definition) is 3. The first-order valence-corrected chi connectivity index (χ1v) is 6.47. The summed E-state index contributed by atoms with van der Waals surface area (Å²) < 4.78 is 5.90. The molecule has 0 saturated heterocycles. The third kappa shape index (κ3) is 1.76. The highest BCUT2D eigenvalue weighted by molar-refractivity contribution is 5.85. The third-order valence-electron chi connectivity index (χ3n) is 3.86. The predicted molar refractivity (Wildman–Crippen MR) is 80.9 cm³/mol. The number of aromatic amines is 1. The summed E-state index contributed by atoms with van der Waals surface area (Å²) in [6.45, 7) is 5.13. The molecule has 1 aliphatic heterocycles. The normalized spacial score (nSPS) is 16.1. The van der Waals surface area contributed by atoms with E-state index in [9.17, 15) is 0 Å². The number of halogens is 1. The summed E-state index contributed by atoms with van der Waals surface area (Å²) in [5.41, 5.74) is 4.14. The molecule has 3 aromatic rings. The SMILES string of the molecule is CC1(C)NCc2c(-c3cc4ccccc4o3)n[nH]c21.Cl. The second-order valence-electron chi connectivity index (χ2n) is 5.55. The van der Waals surface area contributed by atoms with Crippen molar-refractivity contribution in [3.63, 3.8) is 0 Å². The van der Waals surface area contributed by atoms with Crippen LogP contribution in [0.2, 0.25) is 0 Å². The molecule has 0 saturated carbocycles. The van der Waals surface area contributed by atoms with Gasteiger partial charge in [-0.05, 0) is 26.0 Å². The van der Waals surface area contributed by atoms with Crippen molar-refractivity contribution in [3.05, 3.63) is 41.6 Å². The lowest BCUT2D eigenvalue weighted by Crippen LogP contribution is -2.29. The van der Waals surface area contributed by atoms with Crippen LogP contribution in [0.4, 0.5) is 0 Å². The van der Waals surface area contributed by atoms with Gasteiger partial charge >= 0.3 is 0 Å². The van der Waals surface area contributed by atoms with Crippen LogP contribution in [-0.4, -0.2) is 10.2 Å². The van der Waals surface area contributed by atoms with Gasteiger partial charge in [-0.3, -0.25) is 5.10 Å². The standard InChI is InChI=1S/C15H15N3O.ClH/c1-15(2)14-10(8-16-15)13(17-18-14)12-7-9-5-3-4-6-11(9)19-12;/h3-7,16H,8H2,1-2H3,(H,17,18);1H. The van der Waals surface area contributed by atoms with E-state index in [2.05, 4.69) is 41.5 Å². The minimum atomic E-state index is -0.0490. The van der Waals surface area contributed by atoms with Gasteiger partial charge in [0.25, 0.3) is 0 Å². The van der Waals surface area contributed by atoms with Crippen LogP contribution in [0.15, 0.2) is 34.7 Å². The minimum absolute atomic E-state index is 0. The van der Waals surface area contributed by atoms with Crippen molar-refractivity contribution >= 4 is 23.4 Å². The third-order valence-corrected chi connectivity index (χ3v) is 3.86. The molecule has 104 valence electrons. The number of H-pyrrole nitrogens is 1. The van der Waals surface area contributed by atoms with Crippen molar-refractivity contribution in [3.8, 4) is 11.5 Å². The van der Waals surface area contributed by atoms with Gasteiger partial charge in [-0.15, -0.1) is 12.4 Å². The van der Waals surface area contributed by atoms with Crippen LogP contribution in [0, 0.1) is 0 Å².